The van der Waals surface area contributed by atoms with E-state index in [-0.39, 0.29) is 11.6 Å². The molecular formula is C16H12ClN5O2S. The van der Waals surface area contributed by atoms with E-state index in [2.05, 4.69) is 25.6 Å². The summed E-state index contributed by atoms with van der Waals surface area (Å²) in [6.45, 7) is 1.69. The molecule has 2 aromatic heterocycles. The van der Waals surface area contributed by atoms with Crippen molar-refractivity contribution < 1.29 is 9.59 Å². The van der Waals surface area contributed by atoms with Crippen molar-refractivity contribution in [2.45, 2.75) is 6.92 Å². The second kappa shape index (κ2) is 7.37. The Morgan fingerprint density at radius 2 is 1.92 bits per heavy atom. The topological polar surface area (TPSA) is 96.9 Å². The van der Waals surface area contributed by atoms with Gasteiger partial charge in [0.2, 0.25) is 0 Å². The highest BCUT2D eigenvalue weighted by atomic mass is 35.5. The van der Waals surface area contributed by atoms with Crippen molar-refractivity contribution in [3.05, 3.63) is 64.1 Å². The Morgan fingerprint density at radius 1 is 1.12 bits per heavy atom. The molecule has 0 spiro atoms. The van der Waals surface area contributed by atoms with Gasteiger partial charge in [0.15, 0.2) is 5.13 Å². The third kappa shape index (κ3) is 3.98. The zero-order valence-electron chi connectivity index (χ0n) is 13.0. The minimum absolute atomic E-state index is 0.164. The molecule has 0 aliphatic carbocycles. The monoisotopic (exact) mass is 373 g/mol. The summed E-state index contributed by atoms with van der Waals surface area (Å²) in [6.07, 6.45) is 4.24. The van der Waals surface area contributed by atoms with E-state index < -0.39 is 5.91 Å². The van der Waals surface area contributed by atoms with Gasteiger partial charge in [0.1, 0.15) is 10.6 Å². The highest BCUT2D eigenvalue weighted by molar-refractivity contribution is 7.17. The minimum atomic E-state index is -0.445. The van der Waals surface area contributed by atoms with Crippen molar-refractivity contribution in [1.29, 1.82) is 0 Å². The Hall–Kier alpha value is -2.84. The van der Waals surface area contributed by atoms with E-state index >= 15 is 0 Å². The minimum Gasteiger partial charge on any atom is -0.320 e. The third-order valence-corrected chi connectivity index (χ3v) is 4.54. The van der Waals surface area contributed by atoms with Gasteiger partial charge in [-0.1, -0.05) is 35.1 Å². The van der Waals surface area contributed by atoms with Crippen molar-refractivity contribution in [2.24, 2.45) is 0 Å². The van der Waals surface area contributed by atoms with Gasteiger partial charge in [-0.2, -0.15) is 0 Å². The molecule has 126 valence electrons. The van der Waals surface area contributed by atoms with Gasteiger partial charge in [0.25, 0.3) is 11.8 Å². The molecule has 0 unspecified atom stereocenters. The zero-order chi connectivity index (χ0) is 17.8. The van der Waals surface area contributed by atoms with Crippen molar-refractivity contribution in [3.63, 3.8) is 0 Å². The molecule has 0 atom stereocenters. The maximum atomic E-state index is 12.4. The SMILES string of the molecule is Cc1nc(NC(=O)c2cnccn2)sc1C(=O)Nc1ccccc1Cl. The van der Waals surface area contributed by atoms with E-state index in [0.29, 0.717) is 26.4 Å². The molecule has 3 aromatic rings. The Morgan fingerprint density at radius 3 is 2.64 bits per heavy atom. The van der Waals surface area contributed by atoms with E-state index in [1.807, 2.05) is 0 Å². The fourth-order valence-corrected chi connectivity index (χ4v) is 3.02. The van der Waals surface area contributed by atoms with E-state index in [1.165, 1.54) is 18.6 Å². The van der Waals surface area contributed by atoms with Gasteiger partial charge < -0.3 is 5.32 Å². The Bertz CT molecular complexity index is 929. The molecule has 0 aliphatic rings. The number of aryl methyl sites for hydroxylation is 1. The summed E-state index contributed by atoms with van der Waals surface area (Å²) in [7, 11) is 0. The first-order valence-electron chi connectivity index (χ1n) is 7.15. The largest absolute Gasteiger partial charge is 0.320 e. The van der Waals surface area contributed by atoms with Crippen LogP contribution in [-0.4, -0.2) is 26.8 Å². The number of amides is 2. The average Bonchev–Trinajstić information content (AvgIpc) is 2.98. The van der Waals surface area contributed by atoms with Gasteiger partial charge in [-0.15, -0.1) is 0 Å². The second-order valence-electron chi connectivity index (χ2n) is 4.91. The normalized spacial score (nSPS) is 10.3. The first kappa shape index (κ1) is 17.0. The van der Waals surface area contributed by atoms with E-state index in [4.69, 9.17) is 11.6 Å². The molecule has 25 heavy (non-hydrogen) atoms. The zero-order valence-corrected chi connectivity index (χ0v) is 14.6. The smallest absolute Gasteiger partial charge is 0.277 e. The lowest BCUT2D eigenvalue weighted by Crippen LogP contribution is -2.13. The van der Waals surface area contributed by atoms with Gasteiger partial charge in [-0.3, -0.25) is 19.9 Å². The van der Waals surface area contributed by atoms with Crippen LogP contribution in [0.25, 0.3) is 0 Å². The number of nitrogens with zero attached hydrogens (tertiary/aromatic N) is 3. The van der Waals surface area contributed by atoms with Crippen LogP contribution in [0.4, 0.5) is 10.8 Å². The maximum Gasteiger partial charge on any atom is 0.277 e. The van der Waals surface area contributed by atoms with Crippen molar-refractivity contribution in [1.82, 2.24) is 15.0 Å². The number of hydrogen-bond donors (Lipinski definition) is 2. The lowest BCUT2D eigenvalue weighted by Gasteiger charge is -2.05. The van der Waals surface area contributed by atoms with Crippen LogP contribution in [0.15, 0.2) is 42.9 Å². The fraction of sp³-hybridized carbons (Fsp3) is 0.0625. The summed E-state index contributed by atoms with van der Waals surface area (Å²) in [5.41, 5.74) is 1.17. The molecule has 1 aromatic carbocycles. The van der Waals surface area contributed by atoms with Gasteiger partial charge in [-0.25, -0.2) is 9.97 Å². The van der Waals surface area contributed by atoms with Gasteiger partial charge in [0.05, 0.1) is 22.6 Å². The van der Waals surface area contributed by atoms with Gasteiger partial charge >= 0.3 is 0 Å². The molecule has 0 aliphatic heterocycles. The molecule has 0 saturated carbocycles. The van der Waals surface area contributed by atoms with Gasteiger partial charge in [-0.05, 0) is 19.1 Å². The lowest BCUT2D eigenvalue weighted by molar-refractivity contribution is 0.101. The number of halogens is 1. The molecule has 2 amide bonds. The van der Waals surface area contributed by atoms with E-state index in [1.54, 1.807) is 31.2 Å². The Labute approximate surface area is 152 Å². The van der Waals surface area contributed by atoms with Crippen LogP contribution in [0.1, 0.15) is 25.9 Å². The van der Waals surface area contributed by atoms with Crippen LogP contribution in [0.5, 0.6) is 0 Å². The number of nitrogens with one attached hydrogen (secondary N) is 2. The highest BCUT2D eigenvalue weighted by Crippen LogP contribution is 2.26. The molecule has 3 rings (SSSR count). The van der Waals surface area contributed by atoms with E-state index in [9.17, 15) is 9.59 Å². The summed E-state index contributed by atoms with van der Waals surface area (Å²) < 4.78 is 0. The van der Waals surface area contributed by atoms with Crippen LogP contribution in [-0.2, 0) is 0 Å². The Kier molecular flexibility index (Phi) is 5.01. The van der Waals surface area contributed by atoms with Crippen LogP contribution >= 0.6 is 22.9 Å². The lowest BCUT2D eigenvalue weighted by atomic mass is 10.3. The highest BCUT2D eigenvalue weighted by Gasteiger charge is 2.18. The molecule has 9 heteroatoms. The average molecular weight is 374 g/mol. The third-order valence-electron chi connectivity index (χ3n) is 3.14. The number of carbonyl (C=O) groups excluding carboxylic acids is 2. The van der Waals surface area contributed by atoms with Crippen LogP contribution < -0.4 is 10.6 Å². The standard InChI is InChI=1S/C16H12ClN5O2S/c1-9-13(15(24)21-11-5-3-2-4-10(11)17)25-16(20-9)22-14(23)12-8-18-6-7-19-12/h2-8H,1H3,(H,21,24)(H,20,22,23). The van der Waals surface area contributed by atoms with Crippen molar-refractivity contribution in [3.8, 4) is 0 Å². The molecule has 2 heterocycles. The van der Waals surface area contributed by atoms with Crippen LogP contribution in [0.2, 0.25) is 5.02 Å². The number of para-hydroxylation sites is 1. The molecule has 2 N–H and O–H groups in total. The number of carbonyl (C=O) groups is 2. The summed E-state index contributed by atoms with van der Waals surface area (Å²) in [5, 5.41) is 6.08. The predicted molar refractivity (Wildman–Crippen MR) is 96.2 cm³/mol. The first-order valence-corrected chi connectivity index (χ1v) is 8.34. The molecule has 0 bridgehead atoms. The van der Waals surface area contributed by atoms with Gasteiger partial charge in [0, 0.05) is 12.4 Å². The predicted octanol–water partition coefficient (Wildman–Crippen LogP) is 3.40. The van der Waals surface area contributed by atoms with Crippen molar-refractivity contribution in [2.75, 3.05) is 10.6 Å². The maximum absolute atomic E-state index is 12.4. The number of anilines is 2. The van der Waals surface area contributed by atoms with Crippen LogP contribution in [0, 0.1) is 6.92 Å². The summed E-state index contributed by atoms with van der Waals surface area (Å²) >= 11 is 7.11. The molecule has 0 fully saturated rings. The van der Waals surface area contributed by atoms with E-state index in [0.717, 1.165) is 11.3 Å². The Balaban J connectivity index is 1.75. The summed E-state index contributed by atoms with van der Waals surface area (Å²) in [5.74, 6) is -0.789. The molecule has 7 nitrogen and oxygen atoms in total. The number of aromatic nitrogens is 3. The number of thiazole rings is 1. The quantitative estimate of drug-likeness (QED) is 0.730. The number of rotatable bonds is 4. The first-order chi connectivity index (χ1) is 12.0. The molecule has 0 saturated heterocycles. The summed E-state index contributed by atoms with van der Waals surface area (Å²) in [6, 6.07) is 6.93. The molecular weight excluding hydrogens is 362 g/mol. The number of benzene rings is 1. The fourth-order valence-electron chi connectivity index (χ4n) is 1.98. The van der Waals surface area contributed by atoms with Crippen LogP contribution in [0.3, 0.4) is 0 Å². The second-order valence-corrected chi connectivity index (χ2v) is 6.32. The van der Waals surface area contributed by atoms with Crippen molar-refractivity contribution >= 4 is 45.6 Å². The summed E-state index contributed by atoms with van der Waals surface area (Å²) in [4.78, 5) is 36.8. The number of hydrogen-bond acceptors (Lipinski definition) is 6. The molecule has 0 radical (unpaired) electrons.